The van der Waals surface area contributed by atoms with Crippen LogP contribution in [0.5, 0.6) is 0 Å². The highest BCUT2D eigenvalue weighted by molar-refractivity contribution is 7.89. The molecule has 144 valence electrons. The van der Waals surface area contributed by atoms with E-state index in [1.54, 1.807) is 19.1 Å². The monoisotopic (exact) mass is 383 g/mol. The summed E-state index contributed by atoms with van der Waals surface area (Å²) in [4.78, 5) is 8.69. The summed E-state index contributed by atoms with van der Waals surface area (Å²) in [5.41, 5.74) is 7.11. The Labute approximate surface area is 154 Å². The van der Waals surface area contributed by atoms with Crippen molar-refractivity contribution in [1.29, 1.82) is 0 Å². The molecule has 0 aromatic heterocycles. The van der Waals surface area contributed by atoms with Gasteiger partial charge < -0.3 is 15.5 Å². The number of anilines is 1. The molecule has 2 heterocycles. The van der Waals surface area contributed by atoms with Crippen LogP contribution in [0.4, 0.5) is 10.1 Å². The quantitative estimate of drug-likeness (QED) is 0.593. The highest BCUT2D eigenvalue weighted by Gasteiger charge is 2.34. The summed E-state index contributed by atoms with van der Waals surface area (Å²) >= 11 is 0. The first kappa shape index (κ1) is 18.9. The van der Waals surface area contributed by atoms with Gasteiger partial charge in [-0.1, -0.05) is 0 Å². The zero-order chi connectivity index (χ0) is 18.7. The molecule has 1 aromatic carbocycles. The largest absolute Gasteiger partial charge is 0.370 e. The van der Waals surface area contributed by atoms with Gasteiger partial charge in [0.05, 0.1) is 5.75 Å². The first-order valence-corrected chi connectivity index (χ1v) is 10.5. The van der Waals surface area contributed by atoms with Gasteiger partial charge in [0.15, 0.2) is 5.96 Å². The lowest BCUT2D eigenvalue weighted by molar-refractivity contribution is 0.207. The zero-order valence-electron chi connectivity index (χ0n) is 15.0. The van der Waals surface area contributed by atoms with E-state index in [0.717, 1.165) is 31.9 Å². The summed E-state index contributed by atoms with van der Waals surface area (Å²) in [6, 6.07) is 6.51. The first-order valence-electron chi connectivity index (χ1n) is 8.92. The van der Waals surface area contributed by atoms with Crippen molar-refractivity contribution in [3.05, 3.63) is 30.1 Å². The summed E-state index contributed by atoms with van der Waals surface area (Å²) in [7, 11) is -3.07. The molecule has 0 bridgehead atoms. The third-order valence-corrected chi connectivity index (χ3v) is 6.80. The average molecular weight is 383 g/mol. The van der Waals surface area contributed by atoms with Crippen LogP contribution in [-0.2, 0) is 10.0 Å². The molecule has 2 aliphatic heterocycles. The van der Waals surface area contributed by atoms with Gasteiger partial charge in [0.25, 0.3) is 0 Å². The van der Waals surface area contributed by atoms with Crippen molar-refractivity contribution in [1.82, 2.24) is 9.21 Å². The Balaban J connectivity index is 1.44. The maximum atomic E-state index is 13.0. The standard InChI is InChI=1S/C17H26FN5O2S/c1-2-26(24,25)23-12-14(13-23)11-20-17(19)22-9-7-21(8-10-22)16-5-3-15(18)4-6-16/h3-6,14H,2,7-13H2,1H3,(H2,19,20). The number of nitrogens with zero attached hydrogens (tertiary/aromatic N) is 4. The molecule has 0 amide bonds. The topological polar surface area (TPSA) is 82.2 Å². The van der Waals surface area contributed by atoms with E-state index in [1.165, 1.54) is 16.4 Å². The Hall–Kier alpha value is -1.87. The van der Waals surface area contributed by atoms with Crippen LogP contribution in [0.15, 0.2) is 29.3 Å². The number of rotatable bonds is 5. The smallest absolute Gasteiger partial charge is 0.213 e. The number of hydrogen-bond acceptors (Lipinski definition) is 4. The average Bonchev–Trinajstić information content (AvgIpc) is 2.61. The molecule has 1 aromatic rings. The van der Waals surface area contributed by atoms with Crippen LogP contribution in [0.2, 0.25) is 0 Å². The Bertz CT molecular complexity index is 739. The summed E-state index contributed by atoms with van der Waals surface area (Å²) in [6.07, 6.45) is 0. The minimum Gasteiger partial charge on any atom is -0.370 e. The molecule has 0 aliphatic carbocycles. The Morgan fingerprint density at radius 3 is 2.38 bits per heavy atom. The molecule has 2 fully saturated rings. The van der Waals surface area contributed by atoms with E-state index in [-0.39, 0.29) is 17.5 Å². The second kappa shape index (κ2) is 7.79. The second-order valence-electron chi connectivity index (χ2n) is 6.73. The fourth-order valence-corrected chi connectivity index (χ4v) is 4.46. The van der Waals surface area contributed by atoms with Crippen LogP contribution in [0.1, 0.15) is 6.92 Å². The van der Waals surface area contributed by atoms with E-state index in [1.807, 2.05) is 4.90 Å². The molecule has 0 radical (unpaired) electrons. The van der Waals surface area contributed by atoms with Gasteiger partial charge in [-0.3, -0.25) is 4.99 Å². The SMILES string of the molecule is CCS(=O)(=O)N1CC(CN=C(N)N2CCN(c3ccc(F)cc3)CC2)C1. The van der Waals surface area contributed by atoms with Crippen molar-refractivity contribution in [2.24, 2.45) is 16.6 Å². The molecular weight excluding hydrogens is 357 g/mol. The minimum atomic E-state index is -3.07. The number of nitrogens with two attached hydrogens (primary N) is 1. The highest BCUT2D eigenvalue weighted by Crippen LogP contribution is 2.20. The Morgan fingerprint density at radius 2 is 1.81 bits per heavy atom. The third kappa shape index (κ3) is 4.27. The molecule has 9 heteroatoms. The molecule has 2 saturated heterocycles. The van der Waals surface area contributed by atoms with E-state index < -0.39 is 10.0 Å². The lowest BCUT2D eigenvalue weighted by atomic mass is 10.0. The van der Waals surface area contributed by atoms with Crippen molar-refractivity contribution in [2.45, 2.75) is 6.92 Å². The second-order valence-corrected chi connectivity index (χ2v) is 8.99. The van der Waals surface area contributed by atoms with Crippen molar-refractivity contribution in [2.75, 3.05) is 56.5 Å². The van der Waals surface area contributed by atoms with Crippen LogP contribution in [0, 0.1) is 11.7 Å². The number of halogens is 1. The normalized spacial score (nSPS) is 20.3. The van der Waals surface area contributed by atoms with Crippen molar-refractivity contribution in [3.63, 3.8) is 0 Å². The summed E-state index contributed by atoms with van der Waals surface area (Å²) in [6.45, 7) is 6.39. The van der Waals surface area contributed by atoms with Gasteiger partial charge >= 0.3 is 0 Å². The first-order chi connectivity index (χ1) is 12.4. The van der Waals surface area contributed by atoms with Gasteiger partial charge in [-0.2, -0.15) is 0 Å². The lowest BCUT2D eigenvalue weighted by Crippen LogP contribution is -2.53. The number of aliphatic imine (C=N–C) groups is 1. The number of piperazine rings is 1. The molecule has 0 spiro atoms. The summed E-state index contributed by atoms with van der Waals surface area (Å²) in [5.74, 6) is 0.671. The number of sulfonamides is 1. The van der Waals surface area contributed by atoms with Crippen LogP contribution < -0.4 is 10.6 Å². The zero-order valence-corrected chi connectivity index (χ0v) is 15.8. The summed E-state index contributed by atoms with van der Waals surface area (Å²) in [5, 5.41) is 0. The molecule has 0 atom stereocenters. The molecule has 2 aliphatic rings. The predicted octanol–water partition coefficient (Wildman–Crippen LogP) is 0.544. The van der Waals surface area contributed by atoms with Gasteiger partial charge in [-0.25, -0.2) is 17.1 Å². The van der Waals surface area contributed by atoms with Crippen molar-refractivity contribution >= 4 is 21.7 Å². The maximum Gasteiger partial charge on any atom is 0.213 e. The van der Waals surface area contributed by atoms with Gasteiger partial charge in [0.2, 0.25) is 10.0 Å². The number of benzene rings is 1. The molecule has 2 N–H and O–H groups in total. The van der Waals surface area contributed by atoms with Crippen LogP contribution in [0.25, 0.3) is 0 Å². The van der Waals surface area contributed by atoms with E-state index >= 15 is 0 Å². The molecule has 0 saturated carbocycles. The predicted molar refractivity (Wildman–Crippen MR) is 101 cm³/mol. The van der Waals surface area contributed by atoms with Gasteiger partial charge in [0.1, 0.15) is 5.82 Å². The van der Waals surface area contributed by atoms with Gasteiger partial charge in [-0.15, -0.1) is 0 Å². The lowest BCUT2D eigenvalue weighted by Gasteiger charge is -2.38. The van der Waals surface area contributed by atoms with Gasteiger partial charge in [0, 0.05) is 57.4 Å². The van der Waals surface area contributed by atoms with Crippen molar-refractivity contribution in [3.8, 4) is 0 Å². The Kier molecular flexibility index (Phi) is 5.67. The van der Waals surface area contributed by atoms with E-state index in [9.17, 15) is 12.8 Å². The van der Waals surface area contributed by atoms with E-state index in [4.69, 9.17) is 5.73 Å². The van der Waals surface area contributed by atoms with Crippen LogP contribution in [0.3, 0.4) is 0 Å². The molecule has 26 heavy (non-hydrogen) atoms. The van der Waals surface area contributed by atoms with E-state index in [0.29, 0.717) is 25.6 Å². The number of guanidine groups is 1. The summed E-state index contributed by atoms with van der Waals surface area (Å²) < 4.78 is 37.9. The molecule has 7 nitrogen and oxygen atoms in total. The minimum absolute atomic E-state index is 0.142. The van der Waals surface area contributed by atoms with Gasteiger partial charge in [-0.05, 0) is 31.2 Å². The number of hydrogen-bond donors (Lipinski definition) is 1. The maximum absolute atomic E-state index is 13.0. The van der Waals surface area contributed by atoms with Crippen LogP contribution in [-0.4, -0.2) is 75.1 Å². The Morgan fingerprint density at radius 1 is 1.19 bits per heavy atom. The fraction of sp³-hybridized carbons (Fsp3) is 0.588. The molecule has 0 unspecified atom stereocenters. The fourth-order valence-electron chi connectivity index (χ4n) is 3.22. The van der Waals surface area contributed by atoms with Crippen molar-refractivity contribution < 1.29 is 12.8 Å². The van der Waals surface area contributed by atoms with Crippen LogP contribution >= 0.6 is 0 Å². The molecule has 3 rings (SSSR count). The van der Waals surface area contributed by atoms with E-state index in [2.05, 4.69) is 9.89 Å². The highest BCUT2D eigenvalue weighted by atomic mass is 32.2. The third-order valence-electron chi connectivity index (χ3n) is 4.99. The molecular formula is C17H26FN5O2S.